The van der Waals surface area contributed by atoms with Crippen molar-refractivity contribution in [1.82, 2.24) is 20.7 Å². The van der Waals surface area contributed by atoms with Gasteiger partial charge in [0.1, 0.15) is 5.54 Å². The van der Waals surface area contributed by atoms with Crippen LogP contribution in [0.2, 0.25) is 10.0 Å². The Labute approximate surface area is 167 Å². The highest BCUT2D eigenvalue weighted by atomic mass is 35.5. The van der Waals surface area contributed by atoms with Gasteiger partial charge in [0.25, 0.3) is 11.8 Å². The molecule has 3 rings (SSSR count). The number of urea groups is 1. The number of halogens is 2. The molecule has 1 heterocycles. The lowest BCUT2D eigenvalue weighted by Gasteiger charge is -2.30. The fourth-order valence-corrected chi connectivity index (χ4v) is 4.02. The molecule has 9 heteroatoms. The van der Waals surface area contributed by atoms with Crippen molar-refractivity contribution in [3.8, 4) is 0 Å². The van der Waals surface area contributed by atoms with E-state index in [0.29, 0.717) is 29.4 Å². The summed E-state index contributed by atoms with van der Waals surface area (Å²) in [6.45, 7) is 0.393. The van der Waals surface area contributed by atoms with Gasteiger partial charge in [0, 0.05) is 6.54 Å². The largest absolute Gasteiger partial charge is 0.344 e. The molecular weight excluding hydrogens is 391 g/mol. The van der Waals surface area contributed by atoms with E-state index in [0.717, 1.165) is 29.8 Å². The van der Waals surface area contributed by atoms with Crippen molar-refractivity contribution in [3.63, 3.8) is 0 Å². The number of likely N-dealkylation sites (N-methyl/N-ethyl adjacent to an activating group) is 1. The van der Waals surface area contributed by atoms with Crippen LogP contribution in [-0.2, 0) is 16.1 Å². The second kappa shape index (κ2) is 8.04. The fourth-order valence-electron chi connectivity index (χ4n) is 3.64. The van der Waals surface area contributed by atoms with E-state index < -0.39 is 17.5 Å². The molecule has 0 unspecified atom stereocenters. The normalized spacial score (nSPS) is 18.9. The van der Waals surface area contributed by atoms with Crippen LogP contribution in [-0.4, -0.2) is 46.9 Å². The van der Waals surface area contributed by atoms with Gasteiger partial charge >= 0.3 is 6.03 Å². The predicted molar refractivity (Wildman–Crippen MR) is 102 cm³/mol. The third kappa shape index (κ3) is 4.20. The average molecular weight is 413 g/mol. The van der Waals surface area contributed by atoms with E-state index in [1.54, 1.807) is 24.1 Å². The number of carbonyl (C=O) groups is 3. The van der Waals surface area contributed by atoms with Crippen molar-refractivity contribution in [2.24, 2.45) is 0 Å². The maximum atomic E-state index is 12.7. The molecule has 0 radical (unpaired) electrons. The molecule has 1 aliphatic carbocycles. The minimum absolute atomic E-state index is 0.00704. The van der Waals surface area contributed by atoms with Gasteiger partial charge in [-0.1, -0.05) is 54.6 Å². The van der Waals surface area contributed by atoms with Gasteiger partial charge in [-0.3, -0.25) is 19.9 Å². The standard InChI is InChI=1S/C18H22Cl2N4O3/c1-23(10-12-6-5-7-13(19)15(12)20)11-14(25)22-24-16(26)18(21-17(24)27)8-3-2-4-9-18/h5-7H,2-4,8-11H2,1H3,(H,21,27)(H,22,25). The molecule has 0 atom stereocenters. The van der Waals surface area contributed by atoms with Crippen molar-refractivity contribution in [3.05, 3.63) is 33.8 Å². The molecule has 1 aliphatic heterocycles. The van der Waals surface area contributed by atoms with Crippen LogP contribution in [0.3, 0.4) is 0 Å². The highest BCUT2D eigenvalue weighted by Crippen LogP contribution is 2.33. The molecule has 1 saturated heterocycles. The monoisotopic (exact) mass is 412 g/mol. The van der Waals surface area contributed by atoms with Crippen LogP contribution in [0, 0.1) is 0 Å². The summed E-state index contributed by atoms with van der Waals surface area (Å²) in [5.74, 6) is -0.826. The van der Waals surface area contributed by atoms with Crippen LogP contribution in [0.15, 0.2) is 18.2 Å². The molecule has 0 aromatic heterocycles. The van der Waals surface area contributed by atoms with Gasteiger partial charge in [-0.2, -0.15) is 5.01 Å². The first kappa shape index (κ1) is 19.9. The van der Waals surface area contributed by atoms with E-state index >= 15 is 0 Å². The minimum Gasteiger partial charge on any atom is -0.322 e. The lowest BCUT2D eigenvalue weighted by atomic mass is 9.82. The molecule has 27 heavy (non-hydrogen) atoms. The average Bonchev–Trinajstić information content (AvgIpc) is 2.83. The van der Waals surface area contributed by atoms with Crippen molar-refractivity contribution >= 4 is 41.0 Å². The van der Waals surface area contributed by atoms with Crippen LogP contribution < -0.4 is 10.7 Å². The van der Waals surface area contributed by atoms with Crippen LogP contribution >= 0.6 is 23.2 Å². The second-order valence-electron chi connectivity index (χ2n) is 7.13. The number of hydrogen-bond acceptors (Lipinski definition) is 4. The lowest BCUT2D eigenvalue weighted by molar-refractivity contribution is -0.140. The topological polar surface area (TPSA) is 81.8 Å². The fraction of sp³-hybridized carbons (Fsp3) is 0.500. The highest BCUT2D eigenvalue weighted by Gasteiger charge is 2.52. The van der Waals surface area contributed by atoms with Gasteiger partial charge in [-0.05, 0) is 31.5 Å². The smallest absolute Gasteiger partial charge is 0.322 e. The number of rotatable bonds is 5. The van der Waals surface area contributed by atoms with Gasteiger partial charge in [0.15, 0.2) is 0 Å². The Bertz CT molecular complexity index is 765. The van der Waals surface area contributed by atoms with Gasteiger partial charge in [0.2, 0.25) is 0 Å². The summed E-state index contributed by atoms with van der Waals surface area (Å²) in [6.07, 6.45) is 4.04. The zero-order valence-electron chi connectivity index (χ0n) is 15.1. The van der Waals surface area contributed by atoms with E-state index in [2.05, 4.69) is 10.7 Å². The maximum absolute atomic E-state index is 12.7. The number of hydrogen-bond donors (Lipinski definition) is 2. The number of amides is 4. The predicted octanol–water partition coefficient (Wildman–Crippen LogP) is 2.71. The van der Waals surface area contributed by atoms with Crippen LogP contribution in [0.25, 0.3) is 0 Å². The first-order chi connectivity index (χ1) is 12.8. The number of benzene rings is 1. The number of nitrogens with zero attached hydrogens (tertiary/aromatic N) is 2. The van der Waals surface area contributed by atoms with Crippen molar-refractivity contribution in [2.45, 2.75) is 44.2 Å². The summed E-state index contributed by atoms with van der Waals surface area (Å²) in [4.78, 5) is 38.9. The Hall–Kier alpha value is -1.83. The van der Waals surface area contributed by atoms with E-state index in [4.69, 9.17) is 23.2 Å². The SMILES string of the molecule is CN(CC(=O)NN1C(=O)NC2(CCCCC2)C1=O)Cc1cccc(Cl)c1Cl. The molecule has 7 nitrogen and oxygen atoms in total. The number of carbonyl (C=O) groups excluding carboxylic acids is 3. The van der Waals surface area contributed by atoms with Crippen LogP contribution in [0.4, 0.5) is 4.79 Å². The molecule has 1 saturated carbocycles. The summed E-state index contributed by atoms with van der Waals surface area (Å²) in [6, 6.07) is 4.73. The molecule has 2 fully saturated rings. The molecule has 4 amide bonds. The summed E-state index contributed by atoms with van der Waals surface area (Å²) in [7, 11) is 1.74. The molecular formula is C18H22Cl2N4O3. The zero-order chi connectivity index (χ0) is 19.6. The van der Waals surface area contributed by atoms with Gasteiger partial charge < -0.3 is 5.32 Å². The summed E-state index contributed by atoms with van der Waals surface area (Å²) in [5, 5.41) is 4.46. The Balaban J connectivity index is 1.58. The molecule has 1 aromatic carbocycles. The lowest BCUT2D eigenvalue weighted by Crippen LogP contribution is -2.52. The molecule has 1 aromatic rings. The number of imide groups is 1. The first-order valence-electron chi connectivity index (χ1n) is 8.90. The van der Waals surface area contributed by atoms with Gasteiger partial charge in [-0.15, -0.1) is 0 Å². The molecule has 1 spiro atoms. The Morgan fingerprint density at radius 2 is 1.96 bits per heavy atom. The summed E-state index contributed by atoms with van der Waals surface area (Å²) in [5.41, 5.74) is 2.35. The first-order valence-corrected chi connectivity index (χ1v) is 9.65. The molecule has 2 N–H and O–H groups in total. The van der Waals surface area contributed by atoms with Crippen LogP contribution in [0.1, 0.15) is 37.7 Å². The Morgan fingerprint density at radius 3 is 2.67 bits per heavy atom. The second-order valence-corrected chi connectivity index (χ2v) is 7.92. The van der Waals surface area contributed by atoms with E-state index in [9.17, 15) is 14.4 Å². The third-order valence-corrected chi connectivity index (χ3v) is 5.85. The highest BCUT2D eigenvalue weighted by molar-refractivity contribution is 6.42. The third-order valence-electron chi connectivity index (χ3n) is 4.99. The molecule has 2 aliphatic rings. The van der Waals surface area contributed by atoms with Crippen molar-refractivity contribution < 1.29 is 14.4 Å². The summed E-state index contributed by atoms with van der Waals surface area (Å²) < 4.78 is 0. The Kier molecular flexibility index (Phi) is 5.93. The number of nitrogens with one attached hydrogen (secondary N) is 2. The molecule has 0 bridgehead atoms. The van der Waals surface area contributed by atoms with Gasteiger partial charge in [0.05, 0.1) is 16.6 Å². The minimum atomic E-state index is -0.858. The van der Waals surface area contributed by atoms with Crippen LogP contribution in [0.5, 0.6) is 0 Å². The quantitative estimate of drug-likeness (QED) is 0.728. The van der Waals surface area contributed by atoms with Gasteiger partial charge in [-0.25, -0.2) is 4.79 Å². The summed E-state index contributed by atoms with van der Waals surface area (Å²) >= 11 is 12.2. The van der Waals surface area contributed by atoms with E-state index in [1.807, 2.05) is 6.07 Å². The Morgan fingerprint density at radius 1 is 1.26 bits per heavy atom. The van der Waals surface area contributed by atoms with E-state index in [1.165, 1.54) is 0 Å². The van der Waals surface area contributed by atoms with E-state index in [-0.39, 0.29) is 12.5 Å². The zero-order valence-corrected chi connectivity index (χ0v) is 16.6. The molecule has 146 valence electrons. The van der Waals surface area contributed by atoms with Crippen molar-refractivity contribution in [1.29, 1.82) is 0 Å². The van der Waals surface area contributed by atoms with Crippen molar-refractivity contribution in [2.75, 3.05) is 13.6 Å². The maximum Gasteiger partial charge on any atom is 0.344 e. The number of hydrazine groups is 1.